The van der Waals surface area contributed by atoms with Crippen LogP contribution in [0.15, 0.2) is 24.3 Å². The van der Waals surface area contributed by atoms with Crippen LogP contribution in [-0.2, 0) is 4.79 Å². The average molecular weight is 277 g/mol. The van der Waals surface area contributed by atoms with E-state index in [1.165, 1.54) is 0 Å². The fraction of sp³-hybridized carbons (Fsp3) is 0.562. The van der Waals surface area contributed by atoms with E-state index < -0.39 is 6.10 Å². The number of hydrogen-bond acceptors (Lipinski definition) is 3. The third kappa shape index (κ3) is 3.73. The lowest BCUT2D eigenvalue weighted by molar-refractivity contribution is -0.136. The van der Waals surface area contributed by atoms with Crippen LogP contribution in [0.1, 0.15) is 31.7 Å². The number of piperidine rings is 1. The number of amides is 1. The van der Waals surface area contributed by atoms with Crippen LogP contribution in [-0.4, -0.2) is 41.2 Å². The van der Waals surface area contributed by atoms with Crippen LogP contribution in [0.4, 0.5) is 0 Å². The number of carbonyl (C=O) groups is 1. The van der Waals surface area contributed by atoms with Gasteiger partial charge >= 0.3 is 0 Å². The van der Waals surface area contributed by atoms with Crippen LogP contribution < -0.4 is 4.74 Å². The monoisotopic (exact) mass is 277 g/mol. The highest BCUT2D eigenvalue weighted by atomic mass is 16.5. The van der Waals surface area contributed by atoms with Crippen molar-refractivity contribution in [2.75, 3.05) is 13.2 Å². The highest BCUT2D eigenvalue weighted by Crippen LogP contribution is 2.21. The molecule has 1 aliphatic rings. The molecule has 1 aromatic carbocycles. The van der Waals surface area contributed by atoms with E-state index in [0.717, 1.165) is 37.1 Å². The molecule has 1 saturated heterocycles. The van der Waals surface area contributed by atoms with Crippen molar-refractivity contribution in [3.63, 3.8) is 0 Å². The molecule has 0 saturated carbocycles. The molecule has 4 nitrogen and oxygen atoms in total. The van der Waals surface area contributed by atoms with Gasteiger partial charge < -0.3 is 14.7 Å². The van der Waals surface area contributed by atoms with Gasteiger partial charge in [-0.1, -0.05) is 12.1 Å². The Morgan fingerprint density at radius 1 is 1.50 bits per heavy atom. The third-order valence-corrected chi connectivity index (χ3v) is 3.81. The van der Waals surface area contributed by atoms with E-state index >= 15 is 0 Å². The first-order valence-electron chi connectivity index (χ1n) is 7.22. The van der Waals surface area contributed by atoms with E-state index in [1.807, 2.05) is 31.2 Å². The van der Waals surface area contributed by atoms with Gasteiger partial charge in [0.15, 0.2) is 0 Å². The second-order valence-electron chi connectivity index (χ2n) is 5.47. The molecule has 1 fully saturated rings. The molecule has 1 aliphatic heterocycles. The number of likely N-dealkylation sites (tertiary alicyclic amines) is 1. The Kier molecular flexibility index (Phi) is 5.01. The van der Waals surface area contributed by atoms with Gasteiger partial charge in [0.1, 0.15) is 18.5 Å². The number of rotatable bonds is 4. The van der Waals surface area contributed by atoms with Gasteiger partial charge in [-0.15, -0.1) is 0 Å². The standard InChI is InChI=1S/C16H23NO3/c1-12-6-5-7-14(10-12)20-11-16(19)15-8-3-4-9-17(15)13(2)18/h5-7,10,15-16,19H,3-4,8-9,11H2,1-2H3. The Bertz CT molecular complexity index is 461. The molecule has 0 aromatic heterocycles. The molecule has 0 spiro atoms. The van der Waals surface area contributed by atoms with Gasteiger partial charge in [0.2, 0.25) is 5.91 Å². The van der Waals surface area contributed by atoms with Crippen molar-refractivity contribution in [2.45, 2.75) is 45.3 Å². The number of aliphatic hydroxyl groups is 1. The van der Waals surface area contributed by atoms with Gasteiger partial charge in [-0.05, 0) is 43.9 Å². The van der Waals surface area contributed by atoms with Gasteiger partial charge in [0.05, 0.1) is 6.04 Å². The van der Waals surface area contributed by atoms with Crippen LogP contribution in [0, 0.1) is 6.92 Å². The Hall–Kier alpha value is -1.55. The maximum atomic E-state index is 11.6. The van der Waals surface area contributed by atoms with Gasteiger partial charge in [-0.3, -0.25) is 4.79 Å². The molecule has 110 valence electrons. The highest BCUT2D eigenvalue weighted by molar-refractivity contribution is 5.73. The van der Waals surface area contributed by atoms with E-state index in [2.05, 4.69) is 0 Å². The maximum absolute atomic E-state index is 11.6. The third-order valence-electron chi connectivity index (χ3n) is 3.81. The van der Waals surface area contributed by atoms with Crippen molar-refractivity contribution in [3.8, 4) is 5.75 Å². The van der Waals surface area contributed by atoms with Crippen LogP contribution in [0.25, 0.3) is 0 Å². The number of hydrogen-bond donors (Lipinski definition) is 1. The first-order valence-corrected chi connectivity index (χ1v) is 7.22. The Morgan fingerprint density at radius 2 is 2.30 bits per heavy atom. The second-order valence-corrected chi connectivity index (χ2v) is 5.47. The minimum atomic E-state index is -0.639. The Morgan fingerprint density at radius 3 is 3.00 bits per heavy atom. The van der Waals surface area contributed by atoms with Crippen LogP contribution in [0.5, 0.6) is 5.75 Å². The maximum Gasteiger partial charge on any atom is 0.219 e. The molecular formula is C16H23NO3. The number of aryl methyl sites for hydroxylation is 1. The lowest BCUT2D eigenvalue weighted by Crippen LogP contribution is -2.50. The second kappa shape index (κ2) is 6.75. The Balaban J connectivity index is 1.93. The summed E-state index contributed by atoms with van der Waals surface area (Å²) >= 11 is 0. The van der Waals surface area contributed by atoms with Crippen molar-refractivity contribution in [3.05, 3.63) is 29.8 Å². The summed E-state index contributed by atoms with van der Waals surface area (Å²) < 4.78 is 5.64. The van der Waals surface area contributed by atoms with E-state index in [-0.39, 0.29) is 18.6 Å². The van der Waals surface area contributed by atoms with Crippen LogP contribution in [0.2, 0.25) is 0 Å². The first-order chi connectivity index (χ1) is 9.58. The number of ether oxygens (including phenoxy) is 1. The number of benzene rings is 1. The minimum Gasteiger partial charge on any atom is -0.491 e. The summed E-state index contributed by atoms with van der Waals surface area (Å²) in [5.41, 5.74) is 1.13. The summed E-state index contributed by atoms with van der Waals surface area (Å²) in [6, 6.07) is 7.63. The molecule has 4 heteroatoms. The normalized spacial score (nSPS) is 20.6. The van der Waals surface area contributed by atoms with Gasteiger partial charge in [0.25, 0.3) is 0 Å². The number of carbonyl (C=O) groups excluding carboxylic acids is 1. The molecule has 2 unspecified atom stereocenters. The summed E-state index contributed by atoms with van der Waals surface area (Å²) in [5, 5.41) is 10.3. The summed E-state index contributed by atoms with van der Waals surface area (Å²) in [4.78, 5) is 13.4. The molecule has 1 heterocycles. The van der Waals surface area contributed by atoms with E-state index in [0.29, 0.717) is 0 Å². The van der Waals surface area contributed by atoms with Crippen molar-refractivity contribution in [2.24, 2.45) is 0 Å². The summed E-state index contributed by atoms with van der Waals surface area (Å²) in [7, 11) is 0. The number of aliphatic hydroxyl groups excluding tert-OH is 1. The van der Waals surface area contributed by atoms with Crippen molar-refractivity contribution in [1.82, 2.24) is 4.90 Å². The molecule has 2 rings (SSSR count). The zero-order chi connectivity index (χ0) is 14.5. The minimum absolute atomic E-state index is 0.0318. The first kappa shape index (κ1) is 14.9. The molecular weight excluding hydrogens is 254 g/mol. The predicted octanol–water partition coefficient (Wildman–Crippen LogP) is 2.14. The number of nitrogens with zero attached hydrogens (tertiary/aromatic N) is 1. The highest BCUT2D eigenvalue weighted by Gasteiger charge is 2.30. The summed E-state index contributed by atoms with van der Waals surface area (Å²) in [6.45, 7) is 4.52. The van der Waals surface area contributed by atoms with Crippen molar-refractivity contribution >= 4 is 5.91 Å². The van der Waals surface area contributed by atoms with Gasteiger partial charge in [-0.25, -0.2) is 0 Å². The van der Waals surface area contributed by atoms with E-state index in [4.69, 9.17) is 4.74 Å². The molecule has 0 aliphatic carbocycles. The van der Waals surface area contributed by atoms with Crippen molar-refractivity contribution < 1.29 is 14.6 Å². The summed E-state index contributed by atoms with van der Waals surface area (Å²) in [6.07, 6.45) is 2.27. The van der Waals surface area contributed by atoms with Crippen LogP contribution in [0.3, 0.4) is 0 Å². The molecule has 2 atom stereocenters. The Labute approximate surface area is 120 Å². The van der Waals surface area contributed by atoms with Gasteiger partial charge in [-0.2, -0.15) is 0 Å². The smallest absolute Gasteiger partial charge is 0.219 e. The fourth-order valence-corrected chi connectivity index (χ4v) is 2.75. The van der Waals surface area contributed by atoms with E-state index in [1.54, 1.807) is 11.8 Å². The average Bonchev–Trinajstić information content (AvgIpc) is 2.45. The molecule has 20 heavy (non-hydrogen) atoms. The lowest BCUT2D eigenvalue weighted by Gasteiger charge is -2.37. The largest absolute Gasteiger partial charge is 0.491 e. The topological polar surface area (TPSA) is 49.8 Å². The molecule has 0 radical (unpaired) electrons. The predicted molar refractivity (Wildman–Crippen MR) is 77.7 cm³/mol. The SMILES string of the molecule is CC(=O)N1CCCCC1C(O)COc1cccc(C)c1. The van der Waals surface area contributed by atoms with Crippen LogP contribution >= 0.6 is 0 Å². The molecule has 0 bridgehead atoms. The molecule has 1 aromatic rings. The van der Waals surface area contributed by atoms with E-state index in [9.17, 15) is 9.90 Å². The summed E-state index contributed by atoms with van der Waals surface area (Å²) in [5.74, 6) is 0.790. The molecule has 1 amide bonds. The zero-order valence-electron chi connectivity index (χ0n) is 12.2. The molecule has 1 N–H and O–H groups in total. The lowest BCUT2D eigenvalue weighted by atomic mass is 9.97. The van der Waals surface area contributed by atoms with Crippen molar-refractivity contribution in [1.29, 1.82) is 0 Å². The fourth-order valence-electron chi connectivity index (χ4n) is 2.75. The quantitative estimate of drug-likeness (QED) is 0.917. The van der Waals surface area contributed by atoms with Gasteiger partial charge in [0, 0.05) is 13.5 Å². The zero-order valence-corrected chi connectivity index (χ0v) is 12.2.